The molecule has 0 amide bonds. The Hall–Kier alpha value is -1.77. The zero-order valence-electron chi connectivity index (χ0n) is 15.8. The maximum absolute atomic E-state index is 10.9. The van der Waals surface area contributed by atoms with Gasteiger partial charge in [-0.2, -0.15) is 0 Å². The molecule has 3 heteroatoms. The zero-order valence-corrected chi connectivity index (χ0v) is 15.8. The molecular weight excluding hydrogens is 312 g/mol. The second-order valence-corrected chi connectivity index (χ2v) is 7.11. The number of carboxylic acid groups (broad SMARTS) is 1. The van der Waals surface area contributed by atoms with Crippen LogP contribution in [-0.2, 0) is 17.6 Å². The van der Waals surface area contributed by atoms with Crippen LogP contribution in [0.4, 0.5) is 0 Å². The van der Waals surface area contributed by atoms with E-state index < -0.39 is 5.97 Å². The molecular formula is C22H32O3. The van der Waals surface area contributed by atoms with Crippen LogP contribution in [0.15, 0.2) is 18.7 Å². The molecule has 0 fully saturated rings. The van der Waals surface area contributed by atoms with E-state index >= 15 is 0 Å². The lowest BCUT2D eigenvalue weighted by atomic mass is 9.99. The van der Waals surface area contributed by atoms with Gasteiger partial charge in [0.15, 0.2) is 0 Å². The molecule has 138 valence electrons. The molecule has 0 heterocycles. The molecule has 1 unspecified atom stereocenters. The number of carbonyl (C=O) groups is 1. The predicted molar refractivity (Wildman–Crippen MR) is 103 cm³/mol. The number of allylic oxidation sites excluding steroid dienone is 1. The van der Waals surface area contributed by atoms with E-state index in [0.29, 0.717) is 6.42 Å². The van der Waals surface area contributed by atoms with E-state index in [-0.39, 0.29) is 12.5 Å². The van der Waals surface area contributed by atoms with Crippen LogP contribution in [0.5, 0.6) is 5.75 Å². The Bertz CT molecular complexity index is 604. The maximum atomic E-state index is 10.9. The summed E-state index contributed by atoms with van der Waals surface area (Å²) in [7, 11) is 0. The Morgan fingerprint density at radius 1 is 1.24 bits per heavy atom. The fourth-order valence-corrected chi connectivity index (χ4v) is 3.49. The van der Waals surface area contributed by atoms with Gasteiger partial charge in [0.2, 0.25) is 0 Å². The van der Waals surface area contributed by atoms with Crippen LogP contribution in [0.1, 0.15) is 81.9 Å². The summed E-state index contributed by atoms with van der Waals surface area (Å²) in [5, 5.41) is 8.94. The molecule has 2 rings (SSSR count). The third-order valence-electron chi connectivity index (χ3n) is 5.09. The fourth-order valence-electron chi connectivity index (χ4n) is 3.49. The summed E-state index contributed by atoms with van der Waals surface area (Å²) in [6, 6.07) is 4.46. The Labute approximate surface area is 152 Å². The van der Waals surface area contributed by atoms with Crippen LogP contribution in [0.2, 0.25) is 0 Å². The number of benzene rings is 1. The minimum atomic E-state index is -0.760. The van der Waals surface area contributed by atoms with Crippen molar-refractivity contribution in [3.8, 4) is 5.75 Å². The van der Waals surface area contributed by atoms with E-state index in [1.54, 1.807) is 0 Å². The third-order valence-corrected chi connectivity index (χ3v) is 5.09. The first-order valence-electron chi connectivity index (χ1n) is 9.77. The van der Waals surface area contributed by atoms with E-state index in [1.807, 2.05) is 0 Å². The van der Waals surface area contributed by atoms with Crippen LogP contribution in [-0.4, -0.2) is 17.2 Å². The van der Waals surface area contributed by atoms with Gasteiger partial charge in [-0.05, 0) is 66.9 Å². The minimum Gasteiger partial charge on any atom is -0.490 e. The maximum Gasteiger partial charge on any atom is 0.303 e. The number of aryl methyl sites for hydroxylation is 2. The molecule has 25 heavy (non-hydrogen) atoms. The predicted octanol–water partition coefficient (Wildman–Crippen LogP) is 5.79. The molecule has 3 nitrogen and oxygen atoms in total. The summed E-state index contributed by atoms with van der Waals surface area (Å²) < 4.78 is 6.27. The molecule has 1 atom stereocenters. The van der Waals surface area contributed by atoms with Crippen molar-refractivity contribution in [1.29, 1.82) is 0 Å². The first-order chi connectivity index (χ1) is 12.0. The van der Waals surface area contributed by atoms with Gasteiger partial charge >= 0.3 is 5.97 Å². The number of carboxylic acids is 1. The average molecular weight is 344 g/mol. The van der Waals surface area contributed by atoms with Crippen LogP contribution < -0.4 is 4.74 Å². The average Bonchev–Trinajstić information content (AvgIpc) is 2.95. The molecule has 1 aromatic carbocycles. The van der Waals surface area contributed by atoms with Gasteiger partial charge in [0, 0.05) is 6.42 Å². The smallest absolute Gasteiger partial charge is 0.303 e. The summed E-state index contributed by atoms with van der Waals surface area (Å²) in [6.45, 7) is 8.46. The van der Waals surface area contributed by atoms with Gasteiger partial charge < -0.3 is 9.84 Å². The van der Waals surface area contributed by atoms with Gasteiger partial charge in [0.1, 0.15) is 5.75 Å². The minimum absolute atomic E-state index is 0.0433. The number of aliphatic carboxylic acids is 1. The molecule has 0 radical (unpaired) electrons. The normalized spacial score (nSPS) is 14.4. The van der Waals surface area contributed by atoms with E-state index in [2.05, 4.69) is 32.6 Å². The molecule has 1 aromatic rings. The van der Waals surface area contributed by atoms with Crippen LogP contribution in [0, 0.1) is 0 Å². The van der Waals surface area contributed by atoms with Gasteiger partial charge in [-0.15, -0.1) is 0 Å². The highest BCUT2D eigenvalue weighted by Crippen LogP contribution is 2.37. The van der Waals surface area contributed by atoms with Crippen molar-refractivity contribution in [3.63, 3.8) is 0 Å². The van der Waals surface area contributed by atoms with Crippen LogP contribution >= 0.6 is 0 Å². The first-order valence-corrected chi connectivity index (χ1v) is 9.77. The summed E-state index contributed by atoms with van der Waals surface area (Å²) in [5.74, 6) is 0.180. The lowest BCUT2D eigenvalue weighted by Gasteiger charge is -2.21. The molecule has 0 spiro atoms. The number of rotatable bonds is 11. The molecule has 0 saturated heterocycles. The Morgan fingerprint density at radius 2 is 2.04 bits per heavy atom. The standard InChI is InChI=1S/C22H32O3/c1-4-6-7-8-9-18-14-17-11-10-16(3)20(17)15-21(18)25-19(5-2)12-13-22(23)24/h14-15,19H,3-13H2,1-2H3,(H,23,24). The number of ether oxygens (including phenoxy) is 1. The summed E-state index contributed by atoms with van der Waals surface area (Å²) in [5.41, 5.74) is 5.09. The summed E-state index contributed by atoms with van der Waals surface area (Å²) >= 11 is 0. The van der Waals surface area contributed by atoms with Gasteiger partial charge in [0.25, 0.3) is 0 Å². The van der Waals surface area contributed by atoms with Gasteiger partial charge in [-0.3, -0.25) is 4.79 Å². The number of fused-ring (bicyclic) bond motifs is 1. The summed E-state index contributed by atoms with van der Waals surface area (Å²) in [6.07, 6.45) is 9.56. The van der Waals surface area contributed by atoms with Gasteiger partial charge in [-0.1, -0.05) is 45.8 Å². The van der Waals surface area contributed by atoms with Crippen molar-refractivity contribution in [2.24, 2.45) is 0 Å². The molecule has 0 aliphatic heterocycles. The Kier molecular flexibility index (Phi) is 7.54. The largest absolute Gasteiger partial charge is 0.490 e. The van der Waals surface area contributed by atoms with Crippen LogP contribution in [0.3, 0.4) is 0 Å². The Balaban J connectivity index is 2.15. The highest BCUT2D eigenvalue weighted by Gasteiger charge is 2.20. The topological polar surface area (TPSA) is 46.5 Å². The zero-order chi connectivity index (χ0) is 18.2. The lowest BCUT2D eigenvalue weighted by Crippen LogP contribution is -2.18. The Morgan fingerprint density at radius 3 is 2.72 bits per heavy atom. The second-order valence-electron chi connectivity index (χ2n) is 7.11. The third kappa shape index (κ3) is 5.62. The van der Waals surface area contributed by atoms with E-state index in [0.717, 1.165) is 31.4 Å². The number of unbranched alkanes of at least 4 members (excludes halogenated alkanes) is 3. The van der Waals surface area contributed by atoms with Crippen molar-refractivity contribution in [1.82, 2.24) is 0 Å². The number of hydrogen-bond donors (Lipinski definition) is 1. The van der Waals surface area contributed by atoms with E-state index in [1.165, 1.54) is 47.9 Å². The molecule has 1 aliphatic carbocycles. The van der Waals surface area contributed by atoms with Crippen molar-refractivity contribution in [2.45, 2.75) is 84.2 Å². The SMILES string of the molecule is C=C1CCc2cc(CCCCCC)c(OC(CC)CCC(=O)O)cc21. The highest BCUT2D eigenvalue weighted by atomic mass is 16.5. The monoisotopic (exact) mass is 344 g/mol. The lowest BCUT2D eigenvalue weighted by molar-refractivity contribution is -0.137. The van der Waals surface area contributed by atoms with E-state index in [9.17, 15) is 4.79 Å². The van der Waals surface area contributed by atoms with Gasteiger partial charge in [0.05, 0.1) is 6.10 Å². The van der Waals surface area contributed by atoms with Crippen molar-refractivity contribution in [2.75, 3.05) is 0 Å². The van der Waals surface area contributed by atoms with Crippen molar-refractivity contribution in [3.05, 3.63) is 35.4 Å². The molecule has 0 bridgehead atoms. The van der Waals surface area contributed by atoms with Crippen LogP contribution in [0.25, 0.3) is 5.57 Å². The second kappa shape index (κ2) is 9.65. The van der Waals surface area contributed by atoms with E-state index in [4.69, 9.17) is 9.84 Å². The molecule has 0 saturated carbocycles. The summed E-state index contributed by atoms with van der Waals surface area (Å²) in [4.78, 5) is 10.9. The number of hydrogen-bond acceptors (Lipinski definition) is 2. The molecule has 0 aromatic heterocycles. The quantitative estimate of drug-likeness (QED) is 0.517. The highest BCUT2D eigenvalue weighted by molar-refractivity contribution is 5.72. The fraction of sp³-hybridized carbons (Fsp3) is 0.591. The van der Waals surface area contributed by atoms with Crippen molar-refractivity contribution < 1.29 is 14.6 Å². The molecule has 1 aliphatic rings. The first kappa shape index (κ1) is 19.6. The molecule has 1 N–H and O–H groups in total. The van der Waals surface area contributed by atoms with Gasteiger partial charge in [-0.25, -0.2) is 0 Å². The van der Waals surface area contributed by atoms with Crippen molar-refractivity contribution >= 4 is 11.5 Å².